The first-order chi connectivity index (χ1) is 29.5. The highest BCUT2D eigenvalue weighted by Gasteiger charge is 2.41. The summed E-state index contributed by atoms with van der Waals surface area (Å²) in [5.41, 5.74) is -1.35. The number of esters is 1. The van der Waals surface area contributed by atoms with Gasteiger partial charge < -0.3 is 9.84 Å². The maximum Gasteiger partial charge on any atom is 0.348 e. The summed E-state index contributed by atoms with van der Waals surface area (Å²) in [6, 6.07) is 0. The molecule has 0 saturated carbocycles. The third-order valence-corrected chi connectivity index (χ3v) is 13.6. The first kappa shape index (κ1) is 58.9. The fourth-order valence-corrected chi connectivity index (χ4v) is 9.31. The van der Waals surface area contributed by atoms with Crippen LogP contribution in [0.1, 0.15) is 342 Å². The smallest absolute Gasteiger partial charge is 0.348 e. The number of unbranched alkanes of at least 4 members (excludes halogenated alkanes) is 44. The van der Waals surface area contributed by atoms with Crippen LogP contribution in [0.4, 0.5) is 0 Å². The van der Waals surface area contributed by atoms with E-state index in [1.54, 1.807) is 0 Å². The predicted octanol–water partition coefficient (Wildman–Crippen LogP) is 19.9. The molecule has 0 radical (unpaired) electrons. The molecule has 0 spiro atoms. The van der Waals surface area contributed by atoms with E-state index in [1.165, 1.54) is 244 Å². The number of carbonyl (C=O) groups is 2. The summed E-state index contributed by atoms with van der Waals surface area (Å²) in [5.74, 6) is -1.21. The molecule has 0 aromatic rings. The Labute approximate surface area is 377 Å². The molecule has 0 amide bonds. The van der Waals surface area contributed by atoms with Crippen LogP contribution in [-0.4, -0.2) is 22.6 Å². The van der Waals surface area contributed by atoms with Gasteiger partial charge in [0.1, 0.15) is 0 Å². The van der Waals surface area contributed by atoms with E-state index in [-0.39, 0.29) is 5.97 Å². The number of ether oxygens (including phenoxy) is 1. The summed E-state index contributed by atoms with van der Waals surface area (Å²) >= 11 is 0. The molecule has 0 aliphatic carbocycles. The van der Waals surface area contributed by atoms with E-state index in [9.17, 15) is 14.7 Å². The molecule has 0 heterocycles. The van der Waals surface area contributed by atoms with Gasteiger partial charge in [-0.25, -0.2) is 4.79 Å². The van der Waals surface area contributed by atoms with Crippen LogP contribution >= 0.6 is 0 Å². The molecule has 1 unspecified atom stereocenters. The Kier molecular flexibility index (Phi) is 48.1. The van der Waals surface area contributed by atoms with Crippen molar-refractivity contribution >= 4 is 11.9 Å². The Morgan fingerprint density at radius 3 is 0.683 bits per heavy atom. The maximum absolute atomic E-state index is 13.2. The molecule has 0 fully saturated rings. The van der Waals surface area contributed by atoms with Crippen molar-refractivity contribution in [2.75, 3.05) is 0 Å². The molecule has 1 N–H and O–H groups in total. The van der Waals surface area contributed by atoms with Crippen molar-refractivity contribution in [3.05, 3.63) is 0 Å². The molecule has 4 heteroatoms. The van der Waals surface area contributed by atoms with E-state index < -0.39 is 11.6 Å². The first-order valence-electron chi connectivity index (χ1n) is 28.0. The van der Waals surface area contributed by atoms with Gasteiger partial charge in [-0.2, -0.15) is 0 Å². The second-order valence-corrected chi connectivity index (χ2v) is 19.6. The van der Waals surface area contributed by atoms with Crippen molar-refractivity contribution in [2.24, 2.45) is 0 Å². The van der Waals surface area contributed by atoms with Crippen LogP contribution in [0, 0.1) is 0 Å². The zero-order valence-corrected chi connectivity index (χ0v) is 41.5. The number of aliphatic carboxylic acids is 1. The monoisotopic (exact) mass is 847 g/mol. The van der Waals surface area contributed by atoms with Crippen molar-refractivity contribution in [3.8, 4) is 0 Å². The van der Waals surface area contributed by atoms with E-state index >= 15 is 0 Å². The summed E-state index contributed by atoms with van der Waals surface area (Å²) in [7, 11) is 0. The highest BCUT2D eigenvalue weighted by Crippen LogP contribution is 2.29. The largest absolute Gasteiger partial charge is 0.478 e. The summed E-state index contributed by atoms with van der Waals surface area (Å²) in [4.78, 5) is 26.0. The molecule has 0 rings (SSSR count). The fourth-order valence-electron chi connectivity index (χ4n) is 9.31. The quantitative estimate of drug-likeness (QED) is 0.0489. The van der Waals surface area contributed by atoms with Crippen LogP contribution in [0.25, 0.3) is 0 Å². The Balaban J connectivity index is 4.43. The van der Waals surface area contributed by atoms with Gasteiger partial charge in [0.25, 0.3) is 0 Å². The van der Waals surface area contributed by atoms with E-state index in [1.807, 2.05) is 0 Å². The van der Waals surface area contributed by atoms with Gasteiger partial charge in [0.15, 0.2) is 0 Å². The summed E-state index contributed by atoms with van der Waals surface area (Å²) in [6.45, 7) is 6.85. The number of hydrogen-bond donors (Lipinski definition) is 1. The second-order valence-electron chi connectivity index (χ2n) is 19.6. The third-order valence-electron chi connectivity index (χ3n) is 13.6. The minimum atomic E-state index is -1.35. The molecule has 0 aromatic carbocycles. The number of carbonyl (C=O) groups excluding carboxylic acids is 1. The number of carboxylic acid groups (broad SMARTS) is 1. The van der Waals surface area contributed by atoms with E-state index in [0.717, 1.165) is 57.8 Å². The third kappa shape index (κ3) is 42.3. The van der Waals surface area contributed by atoms with Crippen molar-refractivity contribution in [2.45, 2.75) is 347 Å². The van der Waals surface area contributed by atoms with E-state index in [0.29, 0.717) is 19.3 Å². The molecule has 0 saturated heterocycles. The Bertz CT molecular complexity index is 856. The summed E-state index contributed by atoms with van der Waals surface area (Å²) < 4.78 is 6.03. The van der Waals surface area contributed by atoms with Crippen molar-refractivity contribution in [3.63, 3.8) is 0 Å². The van der Waals surface area contributed by atoms with Gasteiger partial charge in [0.05, 0.1) is 0 Å². The van der Waals surface area contributed by atoms with Crippen LogP contribution < -0.4 is 0 Å². The van der Waals surface area contributed by atoms with Crippen LogP contribution in [-0.2, 0) is 14.3 Å². The lowest BCUT2D eigenvalue weighted by Crippen LogP contribution is -2.43. The minimum absolute atomic E-state index is 0.292. The lowest BCUT2D eigenvalue weighted by molar-refractivity contribution is -0.181. The molecule has 0 aliphatic rings. The number of rotatable bonds is 52. The molecular weight excluding hydrogens is 737 g/mol. The number of carboxylic acids is 1. The highest BCUT2D eigenvalue weighted by atomic mass is 16.6. The van der Waals surface area contributed by atoms with Gasteiger partial charge in [0.2, 0.25) is 5.60 Å². The van der Waals surface area contributed by atoms with Gasteiger partial charge in [-0.05, 0) is 32.1 Å². The van der Waals surface area contributed by atoms with Gasteiger partial charge in [0, 0.05) is 6.42 Å². The van der Waals surface area contributed by atoms with E-state index in [4.69, 9.17) is 4.74 Å². The summed E-state index contributed by atoms with van der Waals surface area (Å²) in [5, 5.41) is 10.5. The van der Waals surface area contributed by atoms with Gasteiger partial charge in [-0.15, -0.1) is 0 Å². The minimum Gasteiger partial charge on any atom is -0.478 e. The number of hydrogen-bond acceptors (Lipinski definition) is 3. The molecule has 0 bridgehead atoms. The van der Waals surface area contributed by atoms with Gasteiger partial charge in [-0.1, -0.05) is 303 Å². The highest BCUT2D eigenvalue weighted by molar-refractivity contribution is 5.82. The van der Waals surface area contributed by atoms with Gasteiger partial charge in [-0.3, -0.25) is 4.79 Å². The SMILES string of the molecule is CCCCCCCCCCCCCCCCCCCCC(CCCCCCCCCCCCCCCC)(OC(=O)CCCCCCCCCCCCCCCCC)C(=O)O. The zero-order chi connectivity index (χ0) is 43.7. The van der Waals surface area contributed by atoms with Crippen LogP contribution in [0.2, 0.25) is 0 Å². The molecule has 4 nitrogen and oxygen atoms in total. The topological polar surface area (TPSA) is 63.6 Å². The fraction of sp³-hybridized carbons (Fsp3) is 0.964. The maximum atomic E-state index is 13.2. The average Bonchev–Trinajstić information content (AvgIpc) is 3.24. The lowest BCUT2D eigenvalue weighted by Gasteiger charge is -2.30. The lowest BCUT2D eigenvalue weighted by atomic mass is 9.89. The zero-order valence-electron chi connectivity index (χ0n) is 41.5. The average molecular weight is 847 g/mol. The van der Waals surface area contributed by atoms with Crippen LogP contribution in [0.3, 0.4) is 0 Å². The molecule has 0 aliphatic heterocycles. The Morgan fingerprint density at radius 2 is 0.483 bits per heavy atom. The molecular formula is C56H110O4. The van der Waals surface area contributed by atoms with Crippen LogP contribution in [0.15, 0.2) is 0 Å². The Hall–Kier alpha value is -1.06. The normalized spacial score (nSPS) is 12.6. The molecule has 60 heavy (non-hydrogen) atoms. The van der Waals surface area contributed by atoms with Crippen LogP contribution in [0.5, 0.6) is 0 Å². The predicted molar refractivity (Wildman–Crippen MR) is 264 cm³/mol. The van der Waals surface area contributed by atoms with Gasteiger partial charge >= 0.3 is 11.9 Å². The van der Waals surface area contributed by atoms with Crippen molar-refractivity contribution in [1.29, 1.82) is 0 Å². The first-order valence-corrected chi connectivity index (χ1v) is 28.0. The summed E-state index contributed by atoms with van der Waals surface area (Å²) in [6.07, 6.45) is 62.2. The Morgan fingerprint density at radius 1 is 0.300 bits per heavy atom. The van der Waals surface area contributed by atoms with Crippen molar-refractivity contribution in [1.82, 2.24) is 0 Å². The van der Waals surface area contributed by atoms with Crippen molar-refractivity contribution < 1.29 is 19.4 Å². The molecule has 0 aromatic heterocycles. The standard InChI is InChI=1S/C56H110O4/c1-4-7-10-13-16-19-22-25-28-29-30-32-35-38-41-44-47-50-53-56(55(58)59,52-49-46-43-40-37-34-27-24-21-18-15-12-9-6-3)60-54(57)51-48-45-42-39-36-33-31-26-23-20-17-14-11-8-5-2/h4-53H2,1-3H3,(H,58,59). The second kappa shape index (κ2) is 49.0. The molecule has 1 atom stereocenters. The van der Waals surface area contributed by atoms with E-state index in [2.05, 4.69) is 20.8 Å². The molecule has 358 valence electrons.